The van der Waals surface area contributed by atoms with E-state index in [1.807, 2.05) is 42.5 Å². The molecule has 0 aliphatic carbocycles. The van der Waals surface area contributed by atoms with Crippen LogP contribution in [0.2, 0.25) is 0 Å². The van der Waals surface area contributed by atoms with Gasteiger partial charge in [-0.2, -0.15) is 0 Å². The van der Waals surface area contributed by atoms with Gasteiger partial charge < -0.3 is 10.6 Å². The molecule has 0 atom stereocenters. The quantitative estimate of drug-likeness (QED) is 0.672. The lowest BCUT2D eigenvalue weighted by Gasteiger charge is -2.08. The maximum absolute atomic E-state index is 12.2. The molecule has 0 fully saturated rings. The monoisotopic (exact) mass is 381 g/mol. The van der Waals surface area contributed by atoms with Crippen LogP contribution in [-0.4, -0.2) is 10.9 Å². The summed E-state index contributed by atoms with van der Waals surface area (Å²) in [6.07, 6.45) is 1.64. The number of benzene rings is 2. The number of anilines is 2. The molecule has 1 aromatic heterocycles. The average molecular weight is 382 g/mol. The normalized spacial score (nSPS) is 10.2. The van der Waals surface area contributed by atoms with E-state index < -0.39 is 0 Å². The molecule has 1 heterocycles. The molecule has 0 saturated heterocycles. The average Bonchev–Trinajstić information content (AvgIpc) is 2.62. The smallest absolute Gasteiger partial charge is 0.255 e. The number of nitrogens with one attached hydrogen (secondary N) is 2. The molecule has 0 aliphatic rings. The molecule has 4 nitrogen and oxygen atoms in total. The summed E-state index contributed by atoms with van der Waals surface area (Å²) >= 11 is 3.35. The van der Waals surface area contributed by atoms with Crippen molar-refractivity contribution in [3.63, 3.8) is 0 Å². The molecule has 120 valence electrons. The van der Waals surface area contributed by atoms with Gasteiger partial charge in [0.15, 0.2) is 0 Å². The van der Waals surface area contributed by atoms with Gasteiger partial charge in [-0.3, -0.25) is 4.79 Å². The fourth-order valence-corrected chi connectivity index (χ4v) is 2.43. The summed E-state index contributed by atoms with van der Waals surface area (Å²) in [5.74, 6) is 0.606. The lowest BCUT2D eigenvalue weighted by molar-refractivity contribution is 0.102. The van der Waals surface area contributed by atoms with Crippen LogP contribution in [0.4, 0.5) is 11.5 Å². The van der Waals surface area contributed by atoms with Crippen LogP contribution in [0.1, 0.15) is 15.9 Å². The van der Waals surface area contributed by atoms with E-state index in [2.05, 4.69) is 43.7 Å². The van der Waals surface area contributed by atoms with Gasteiger partial charge in [-0.05, 0) is 42.0 Å². The highest BCUT2D eigenvalue weighted by atomic mass is 79.9. The molecule has 24 heavy (non-hydrogen) atoms. The number of aromatic nitrogens is 1. The molecule has 0 radical (unpaired) electrons. The Morgan fingerprint density at radius 3 is 2.38 bits per heavy atom. The van der Waals surface area contributed by atoms with Gasteiger partial charge in [0.1, 0.15) is 5.82 Å². The Labute approximate surface area is 149 Å². The Hall–Kier alpha value is -2.66. The van der Waals surface area contributed by atoms with Gasteiger partial charge in [0.05, 0.1) is 11.9 Å². The van der Waals surface area contributed by atoms with E-state index in [9.17, 15) is 4.79 Å². The molecular weight excluding hydrogens is 366 g/mol. The number of amides is 1. The first-order chi connectivity index (χ1) is 11.7. The minimum absolute atomic E-state index is 0.158. The third-order valence-corrected chi connectivity index (χ3v) is 3.97. The minimum Gasteiger partial charge on any atom is -0.366 e. The van der Waals surface area contributed by atoms with Crippen molar-refractivity contribution in [2.75, 3.05) is 10.6 Å². The molecule has 0 unspecified atom stereocenters. The second-order valence-corrected chi connectivity index (χ2v) is 6.15. The number of rotatable bonds is 5. The lowest BCUT2D eigenvalue weighted by Crippen LogP contribution is -2.12. The van der Waals surface area contributed by atoms with E-state index in [1.165, 1.54) is 5.56 Å². The third-order valence-electron chi connectivity index (χ3n) is 3.44. The van der Waals surface area contributed by atoms with E-state index in [-0.39, 0.29) is 5.91 Å². The predicted molar refractivity (Wildman–Crippen MR) is 100 cm³/mol. The van der Waals surface area contributed by atoms with Crippen LogP contribution < -0.4 is 10.6 Å². The molecular formula is C19H16BrN3O. The van der Waals surface area contributed by atoms with Crippen molar-refractivity contribution < 1.29 is 4.79 Å². The van der Waals surface area contributed by atoms with Crippen LogP contribution in [-0.2, 0) is 6.54 Å². The molecule has 1 amide bonds. The highest BCUT2D eigenvalue weighted by molar-refractivity contribution is 9.10. The molecule has 3 aromatic rings. The number of carbonyl (C=O) groups excluding carboxylic acids is 1. The van der Waals surface area contributed by atoms with E-state index >= 15 is 0 Å². The summed E-state index contributed by atoms with van der Waals surface area (Å²) < 4.78 is 0.939. The predicted octanol–water partition coefficient (Wildman–Crippen LogP) is 4.71. The zero-order chi connectivity index (χ0) is 16.8. The van der Waals surface area contributed by atoms with E-state index in [0.717, 1.165) is 10.3 Å². The van der Waals surface area contributed by atoms with Crippen molar-refractivity contribution in [1.29, 1.82) is 0 Å². The van der Waals surface area contributed by atoms with Crippen LogP contribution in [0.3, 0.4) is 0 Å². The van der Waals surface area contributed by atoms with Crippen LogP contribution in [0.5, 0.6) is 0 Å². The SMILES string of the molecule is O=C(Nc1ccc(NCc2ccccc2)nc1)c1ccc(Br)cc1. The van der Waals surface area contributed by atoms with Crippen molar-refractivity contribution in [1.82, 2.24) is 4.98 Å². The Morgan fingerprint density at radius 1 is 0.958 bits per heavy atom. The van der Waals surface area contributed by atoms with Gasteiger partial charge >= 0.3 is 0 Å². The molecule has 3 rings (SSSR count). The maximum Gasteiger partial charge on any atom is 0.255 e. The van der Waals surface area contributed by atoms with Gasteiger partial charge in [-0.15, -0.1) is 0 Å². The topological polar surface area (TPSA) is 54.0 Å². The summed E-state index contributed by atoms with van der Waals surface area (Å²) in [5, 5.41) is 6.08. The first kappa shape index (κ1) is 16.2. The summed E-state index contributed by atoms with van der Waals surface area (Å²) in [6.45, 7) is 0.707. The summed E-state index contributed by atoms with van der Waals surface area (Å²) in [6, 6.07) is 21.0. The number of pyridine rings is 1. The first-order valence-electron chi connectivity index (χ1n) is 7.51. The molecule has 0 spiro atoms. The molecule has 0 aliphatic heterocycles. The minimum atomic E-state index is -0.158. The van der Waals surface area contributed by atoms with Crippen LogP contribution in [0, 0.1) is 0 Å². The van der Waals surface area contributed by atoms with Gasteiger partial charge in [-0.25, -0.2) is 4.98 Å². The van der Waals surface area contributed by atoms with Crippen molar-refractivity contribution in [2.24, 2.45) is 0 Å². The van der Waals surface area contributed by atoms with Crippen molar-refractivity contribution in [3.05, 3.63) is 88.5 Å². The molecule has 5 heteroatoms. The Bertz CT molecular complexity index is 802. The fourth-order valence-electron chi connectivity index (χ4n) is 2.17. The zero-order valence-corrected chi connectivity index (χ0v) is 14.5. The Morgan fingerprint density at radius 2 is 1.71 bits per heavy atom. The number of carbonyl (C=O) groups is 1. The summed E-state index contributed by atoms with van der Waals surface area (Å²) in [5.41, 5.74) is 2.45. The Balaban J connectivity index is 1.58. The Kier molecular flexibility index (Phi) is 5.23. The van der Waals surface area contributed by atoms with Crippen LogP contribution >= 0.6 is 15.9 Å². The van der Waals surface area contributed by atoms with Crippen molar-refractivity contribution >= 4 is 33.3 Å². The molecule has 0 bridgehead atoms. The largest absolute Gasteiger partial charge is 0.366 e. The summed E-state index contributed by atoms with van der Waals surface area (Å²) in [4.78, 5) is 16.5. The van der Waals surface area contributed by atoms with Crippen molar-refractivity contribution in [2.45, 2.75) is 6.54 Å². The van der Waals surface area contributed by atoms with Crippen LogP contribution in [0.25, 0.3) is 0 Å². The summed E-state index contributed by atoms with van der Waals surface area (Å²) in [7, 11) is 0. The second-order valence-electron chi connectivity index (χ2n) is 5.23. The highest BCUT2D eigenvalue weighted by Gasteiger charge is 2.06. The number of nitrogens with zero attached hydrogens (tertiary/aromatic N) is 1. The first-order valence-corrected chi connectivity index (χ1v) is 8.31. The third kappa shape index (κ3) is 4.43. The van der Waals surface area contributed by atoms with Gasteiger partial charge in [-0.1, -0.05) is 46.3 Å². The number of halogens is 1. The van der Waals surface area contributed by atoms with Crippen LogP contribution in [0.15, 0.2) is 77.4 Å². The molecule has 2 N–H and O–H groups in total. The fraction of sp³-hybridized carbons (Fsp3) is 0.0526. The van der Waals surface area contributed by atoms with Gasteiger partial charge in [0.2, 0.25) is 0 Å². The lowest BCUT2D eigenvalue weighted by atomic mass is 10.2. The van der Waals surface area contributed by atoms with Gasteiger partial charge in [0, 0.05) is 16.6 Å². The number of hydrogen-bond donors (Lipinski definition) is 2. The zero-order valence-electron chi connectivity index (χ0n) is 12.9. The van der Waals surface area contributed by atoms with E-state index in [4.69, 9.17) is 0 Å². The van der Waals surface area contributed by atoms with E-state index in [1.54, 1.807) is 18.3 Å². The highest BCUT2D eigenvalue weighted by Crippen LogP contribution is 2.14. The molecule has 2 aromatic carbocycles. The standard InChI is InChI=1S/C19H16BrN3O/c20-16-8-6-15(7-9-16)19(24)23-17-10-11-18(22-13-17)21-12-14-4-2-1-3-5-14/h1-11,13H,12H2,(H,21,22)(H,23,24). The maximum atomic E-state index is 12.2. The molecule has 0 saturated carbocycles. The van der Waals surface area contributed by atoms with E-state index in [0.29, 0.717) is 17.8 Å². The van der Waals surface area contributed by atoms with Gasteiger partial charge in [0.25, 0.3) is 5.91 Å². The van der Waals surface area contributed by atoms with Crippen molar-refractivity contribution in [3.8, 4) is 0 Å². The number of hydrogen-bond acceptors (Lipinski definition) is 3. The second kappa shape index (κ2) is 7.75.